The smallest absolute Gasteiger partial charge is 0.178 e. The molecule has 1 saturated carbocycles. The van der Waals surface area contributed by atoms with Crippen molar-refractivity contribution in [3.8, 4) is 0 Å². The molecule has 0 heterocycles. The quantitative estimate of drug-likeness (QED) is 0.860. The molecular weight excluding hydrogens is 282 g/mol. The number of hydrogen-bond acceptors (Lipinski definition) is 3. The number of benzene rings is 1. The van der Waals surface area contributed by atoms with Gasteiger partial charge in [-0.2, -0.15) is 0 Å². The number of rotatable bonds is 6. The highest BCUT2D eigenvalue weighted by Crippen LogP contribution is 2.28. The monoisotopic (exact) mass is 309 g/mol. The van der Waals surface area contributed by atoms with Gasteiger partial charge in [-0.25, -0.2) is 8.42 Å². The van der Waals surface area contributed by atoms with Crippen molar-refractivity contribution in [2.24, 2.45) is 11.8 Å². The van der Waals surface area contributed by atoms with Gasteiger partial charge in [0.15, 0.2) is 9.84 Å². The van der Waals surface area contributed by atoms with E-state index < -0.39 is 9.84 Å². The highest BCUT2D eigenvalue weighted by molar-refractivity contribution is 7.91. The lowest BCUT2D eigenvalue weighted by molar-refractivity contribution is 0.293. The van der Waals surface area contributed by atoms with Gasteiger partial charge in [0.25, 0.3) is 0 Å². The normalized spacial score (nSPS) is 23.0. The van der Waals surface area contributed by atoms with Crippen LogP contribution in [0.4, 0.5) is 5.69 Å². The molecule has 1 aromatic carbocycles. The van der Waals surface area contributed by atoms with Crippen molar-refractivity contribution in [3.63, 3.8) is 0 Å². The molecule has 1 aliphatic rings. The molecular formula is C17H27NO2S. The van der Waals surface area contributed by atoms with Gasteiger partial charge >= 0.3 is 0 Å². The van der Waals surface area contributed by atoms with E-state index in [-0.39, 0.29) is 5.75 Å². The Labute approximate surface area is 129 Å². The van der Waals surface area contributed by atoms with E-state index in [4.69, 9.17) is 0 Å². The molecule has 1 aromatic rings. The summed E-state index contributed by atoms with van der Waals surface area (Å²) < 4.78 is 23.9. The lowest BCUT2D eigenvalue weighted by Gasteiger charge is -2.27. The minimum Gasteiger partial charge on any atom is -0.385 e. The molecule has 0 bridgehead atoms. The lowest BCUT2D eigenvalue weighted by Crippen LogP contribution is -2.21. The highest BCUT2D eigenvalue weighted by atomic mass is 32.2. The summed E-state index contributed by atoms with van der Waals surface area (Å²) in [6, 6.07) is 7.21. The van der Waals surface area contributed by atoms with Gasteiger partial charge in [0, 0.05) is 12.2 Å². The molecule has 1 fully saturated rings. The highest BCUT2D eigenvalue weighted by Gasteiger charge is 2.18. The predicted molar refractivity (Wildman–Crippen MR) is 88.4 cm³/mol. The average molecular weight is 309 g/mol. The van der Waals surface area contributed by atoms with E-state index in [2.05, 4.69) is 12.2 Å². The maximum atomic E-state index is 12.0. The molecule has 0 aromatic heterocycles. The molecule has 0 amide bonds. The average Bonchev–Trinajstić information content (AvgIpc) is 2.46. The van der Waals surface area contributed by atoms with Crippen LogP contribution < -0.4 is 5.32 Å². The van der Waals surface area contributed by atoms with Crippen LogP contribution in [-0.2, 0) is 9.84 Å². The van der Waals surface area contributed by atoms with Gasteiger partial charge in [-0.3, -0.25) is 0 Å². The molecule has 2 atom stereocenters. The molecule has 2 unspecified atom stereocenters. The van der Waals surface area contributed by atoms with Gasteiger partial charge in [-0.05, 0) is 55.4 Å². The minimum absolute atomic E-state index is 0.222. The minimum atomic E-state index is -3.10. The second-order valence-corrected chi connectivity index (χ2v) is 8.47. The number of sulfone groups is 1. The summed E-state index contributed by atoms with van der Waals surface area (Å²) in [6.45, 7) is 5.21. The summed E-state index contributed by atoms with van der Waals surface area (Å²) >= 11 is 0. The molecule has 1 N–H and O–H groups in total. The summed E-state index contributed by atoms with van der Waals surface area (Å²) in [5.41, 5.74) is 1.02. The maximum Gasteiger partial charge on any atom is 0.178 e. The Morgan fingerprint density at radius 3 is 2.52 bits per heavy atom. The molecule has 0 aliphatic heterocycles. The van der Waals surface area contributed by atoms with Gasteiger partial charge in [0.1, 0.15) is 0 Å². The molecule has 118 valence electrons. The fourth-order valence-corrected chi connectivity index (χ4v) is 4.50. The zero-order valence-electron chi connectivity index (χ0n) is 13.1. The van der Waals surface area contributed by atoms with Gasteiger partial charge in [-0.1, -0.05) is 26.7 Å². The standard InChI is InChI=1S/C17H27NO2S/c1-3-11-21(19,20)17-9-7-16(8-10-17)18-13-15-6-4-5-14(2)12-15/h7-10,14-15,18H,3-6,11-13H2,1-2H3. The van der Waals surface area contributed by atoms with Crippen LogP contribution in [0, 0.1) is 11.8 Å². The van der Waals surface area contributed by atoms with Crippen molar-refractivity contribution < 1.29 is 8.42 Å². The van der Waals surface area contributed by atoms with Crippen molar-refractivity contribution in [1.29, 1.82) is 0 Å². The fourth-order valence-electron chi connectivity index (χ4n) is 3.17. The van der Waals surface area contributed by atoms with Crippen LogP contribution in [0.5, 0.6) is 0 Å². The van der Waals surface area contributed by atoms with Crippen LogP contribution in [0.3, 0.4) is 0 Å². The molecule has 3 nitrogen and oxygen atoms in total. The zero-order chi connectivity index (χ0) is 15.3. The topological polar surface area (TPSA) is 46.2 Å². The summed E-state index contributed by atoms with van der Waals surface area (Å²) in [7, 11) is -3.10. The van der Waals surface area contributed by atoms with Crippen molar-refractivity contribution >= 4 is 15.5 Å². The zero-order valence-corrected chi connectivity index (χ0v) is 14.0. The molecule has 0 saturated heterocycles. The SMILES string of the molecule is CCCS(=O)(=O)c1ccc(NCC2CCCC(C)C2)cc1. The van der Waals surface area contributed by atoms with Crippen molar-refractivity contribution in [3.05, 3.63) is 24.3 Å². The molecule has 0 spiro atoms. The third-order valence-electron chi connectivity index (χ3n) is 4.33. The Balaban J connectivity index is 1.90. The van der Waals surface area contributed by atoms with Crippen molar-refractivity contribution in [2.75, 3.05) is 17.6 Å². The molecule has 21 heavy (non-hydrogen) atoms. The third kappa shape index (κ3) is 4.73. The second-order valence-electron chi connectivity index (χ2n) is 6.36. The van der Waals surface area contributed by atoms with Crippen LogP contribution in [0.1, 0.15) is 46.0 Å². The van der Waals surface area contributed by atoms with E-state index in [0.717, 1.165) is 24.1 Å². The van der Waals surface area contributed by atoms with E-state index in [0.29, 0.717) is 11.3 Å². The Morgan fingerprint density at radius 1 is 1.19 bits per heavy atom. The Morgan fingerprint density at radius 2 is 1.90 bits per heavy atom. The first-order valence-electron chi connectivity index (χ1n) is 8.08. The van der Waals surface area contributed by atoms with Crippen LogP contribution in [0.25, 0.3) is 0 Å². The van der Waals surface area contributed by atoms with Gasteiger partial charge in [0.05, 0.1) is 10.6 Å². The summed E-state index contributed by atoms with van der Waals surface area (Å²) in [5, 5.41) is 3.45. The molecule has 1 aliphatic carbocycles. The molecule has 0 radical (unpaired) electrons. The van der Waals surface area contributed by atoms with Gasteiger partial charge < -0.3 is 5.32 Å². The Hall–Kier alpha value is -1.03. The van der Waals surface area contributed by atoms with E-state index in [9.17, 15) is 8.42 Å². The number of nitrogens with one attached hydrogen (secondary N) is 1. The van der Waals surface area contributed by atoms with Crippen LogP contribution in [0.15, 0.2) is 29.2 Å². The number of anilines is 1. The fraction of sp³-hybridized carbons (Fsp3) is 0.647. The van der Waals surface area contributed by atoms with Crippen LogP contribution in [0.2, 0.25) is 0 Å². The van der Waals surface area contributed by atoms with Crippen LogP contribution >= 0.6 is 0 Å². The summed E-state index contributed by atoms with van der Waals surface area (Å²) in [6.07, 6.45) is 5.96. The van der Waals surface area contributed by atoms with Crippen molar-refractivity contribution in [1.82, 2.24) is 0 Å². The van der Waals surface area contributed by atoms with E-state index in [1.54, 1.807) is 12.1 Å². The lowest BCUT2D eigenvalue weighted by atomic mass is 9.82. The maximum absolute atomic E-state index is 12.0. The van der Waals surface area contributed by atoms with E-state index in [1.807, 2.05) is 19.1 Å². The number of hydrogen-bond donors (Lipinski definition) is 1. The second kappa shape index (κ2) is 7.30. The summed E-state index contributed by atoms with van der Waals surface area (Å²) in [4.78, 5) is 0.432. The first kappa shape index (κ1) is 16.3. The third-order valence-corrected chi connectivity index (χ3v) is 6.26. The van der Waals surface area contributed by atoms with Crippen LogP contribution in [-0.4, -0.2) is 20.7 Å². The first-order chi connectivity index (χ1) is 10.0. The summed E-state index contributed by atoms with van der Waals surface area (Å²) in [5.74, 6) is 1.81. The van der Waals surface area contributed by atoms with Crippen molar-refractivity contribution in [2.45, 2.75) is 50.8 Å². The predicted octanol–water partition coefficient (Wildman–Crippen LogP) is 4.11. The largest absolute Gasteiger partial charge is 0.385 e. The van der Waals surface area contributed by atoms with E-state index >= 15 is 0 Å². The first-order valence-corrected chi connectivity index (χ1v) is 9.73. The Kier molecular flexibility index (Phi) is 5.68. The van der Waals surface area contributed by atoms with E-state index in [1.165, 1.54) is 25.7 Å². The van der Waals surface area contributed by atoms with Gasteiger partial charge in [0.2, 0.25) is 0 Å². The Bertz CT molecular complexity index is 536. The molecule has 4 heteroatoms. The molecule has 2 rings (SSSR count). The van der Waals surface area contributed by atoms with Gasteiger partial charge in [-0.15, -0.1) is 0 Å².